The smallest absolute Gasteiger partial charge is 0.232 e. The van der Waals surface area contributed by atoms with Crippen LogP contribution in [0.15, 0.2) is 24.3 Å². The molecule has 0 saturated carbocycles. The van der Waals surface area contributed by atoms with Crippen molar-refractivity contribution < 1.29 is 14.0 Å². The van der Waals surface area contributed by atoms with Crippen LogP contribution in [0.25, 0.3) is 0 Å². The van der Waals surface area contributed by atoms with Crippen molar-refractivity contribution in [2.24, 2.45) is 11.8 Å². The van der Waals surface area contributed by atoms with Gasteiger partial charge in [-0.25, -0.2) is 4.39 Å². The summed E-state index contributed by atoms with van der Waals surface area (Å²) in [4.78, 5) is 27.3. The first-order valence-electron chi connectivity index (χ1n) is 7.18. The summed E-state index contributed by atoms with van der Waals surface area (Å²) in [6.07, 6.45) is 0. The van der Waals surface area contributed by atoms with Crippen LogP contribution < -0.4 is 0 Å². The number of hydrogen-bond acceptors (Lipinski definition) is 3. The van der Waals surface area contributed by atoms with Crippen molar-refractivity contribution in [3.63, 3.8) is 0 Å². The Kier molecular flexibility index (Phi) is 4.73. The Hall–Kier alpha value is -1.75. The standard InChI is InChI=1S/C16H21FN2O2/c1-11-12(2)16(21)19(15(11)20)9-8-18(3)10-13-4-6-14(17)7-5-13/h4-7,11-12H,8-10H2,1-3H3/t11-,12-/m1/s1. The largest absolute Gasteiger partial charge is 0.300 e. The van der Waals surface area contributed by atoms with Crippen molar-refractivity contribution >= 4 is 11.8 Å². The molecule has 1 saturated heterocycles. The number of amides is 2. The second kappa shape index (κ2) is 6.35. The highest BCUT2D eigenvalue weighted by Crippen LogP contribution is 2.24. The van der Waals surface area contributed by atoms with Crippen LogP contribution in [0.4, 0.5) is 4.39 Å². The topological polar surface area (TPSA) is 40.6 Å². The molecule has 21 heavy (non-hydrogen) atoms. The van der Waals surface area contributed by atoms with E-state index in [0.717, 1.165) is 5.56 Å². The van der Waals surface area contributed by atoms with Crippen LogP contribution in [0.1, 0.15) is 19.4 Å². The Morgan fingerprint density at radius 3 is 2.14 bits per heavy atom. The third kappa shape index (κ3) is 3.47. The lowest BCUT2D eigenvalue weighted by Crippen LogP contribution is -2.37. The molecule has 0 radical (unpaired) electrons. The van der Waals surface area contributed by atoms with Crippen molar-refractivity contribution in [2.75, 3.05) is 20.1 Å². The summed E-state index contributed by atoms with van der Waals surface area (Å²) in [7, 11) is 1.92. The van der Waals surface area contributed by atoms with E-state index in [-0.39, 0.29) is 29.5 Å². The molecule has 1 aromatic carbocycles. The number of imide groups is 1. The Morgan fingerprint density at radius 2 is 1.62 bits per heavy atom. The van der Waals surface area contributed by atoms with Crippen molar-refractivity contribution in [1.82, 2.24) is 9.80 Å². The minimum atomic E-state index is -0.252. The van der Waals surface area contributed by atoms with Crippen LogP contribution in [0.2, 0.25) is 0 Å². The molecule has 0 aliphatic carbocycles. The number of rotatable bonds is 5. The molecule has 1 fully saturated rings. The number of likely N-dealkylation sites (tertiary alicyclic amines) is 1. The first kappa shape index (κ1) is 15.6. The maximum absolute atomic E-state index is 12.8. The van der Waals surface area contributed by atoms with E-state index in [2.05, 4.69) is 0 Å². The van der Waals surface area contributed by atoms with E-state index >= 15 is 0 Å². The third-order valence-corrected chi connectivity index (χ3v) is 4.13. The van der Waals surface area contributed by atoms with Gasteiger partial charge in [0.15, 0.2) is 0 Å². The number of halogens is 1. The van der Waals surface area contributed by atoms with Gasteiger partial charge < -0.3 is 4.90 Å². The normalized spacial score (nSPS) is 22.4. The number of carbonyl (C=O) groups is 2. The van der Waals surface area contributed by atoms with Crippen LogP contribution in [0.5, 0.6) is 0 Å². The summed E-state index contributed by atoms with van der Waals surface area (Å²) in [5, 5.41) is 0. The zero-order valence-electron chi connectivity index (χ0n) is 12.7. The van der Waals surface area contributed by atoms with E-state index in [1.807, 2.05) is 11.9 Å². The molecule has 114 valence electrons. The van der Waals surface area contributed by atoms with Gasteiger partial charge in [-0.15, -0.1) is 0 Å². The van der Waals surface area contributed by atoms with Crippen LogP contribution in [0, 0.1) is 17.7 Å². The zero-order valence-corrected chi connectivity index (χ0v) is 12.7. The highest BCUT2D eigenvalue weighted by molar-refractivity contribution is 6.04. The van der Waals surface area contributed by atoms with Gasteiger partial charge in [-0.3, -0.25) is 14.5 Å². The third-order valence-electron chi connectivity index (χ3n) is 4.13. The lowest BCUT2D eigenvalue weighted by molar-refractivity contribution is -0.139. The minimum absolute atomic E-state index is 0.0808. The van der Waals surface area contributed by atoms with Gasteiger partial charge in [-0.05, 0) is 24.7 Å². The molecule has 2 atom stereocenters. The first-order valence-corrected chi connectivity index (χ1v) is 7.18. The fraction of sp³-hybridized carbons (Fsp3) is 0.500. The summed E-state index contributed by atoms with van der Waals surface area (Å²) in [6.45, 7) is 5.26. The molecule has 0 spiro atoms. The fourth-order valence-electron chi connectivity index (χ4n) is 2.50. The van der Waals surface area contributed by atoms with E-state index in [1.165, 1.54) is 17.0 Å². The summed E-state index contributed by atoms with van der Waals surface area (Å²) in [5.74, 6) is -0.859. The van der Waals surface area contributed by atoms with Crippen LogP contribution in [-0.4, -0.2) is 41.8 Å². The second-order valence-electron chi connectivity index (χ2n) is 5.77. The Labute approximate surface area is 124 Å². The molecule has 1 aliphatic rings. The van der Waals surface area contributed by atoms with E-state index in [4.69, 9.17) is 0 Å². The molecular weight excluding hydrogens is 271 g/mol. The number of benzene rings is 1. The Bertz CT molecular complexity index is 510. The number of carbonyl (C=O) groups excluding carboxylic acids is 2. The molecular formula is C16H21FN2O2. The second-order valence-corrected chi connectivity index (χ2v) is 5.77. The highest BCUT2D eigenvalue weighted by Gasteiger charge is 2.41. The van der Waals surface area contributed by atoms with Crippen molar-refractivity contribution in [2.45, 2.75) is 20.4 Å². The predicted octanol–water partition coefficient (Wildman–Crippen LogP) is 1.90. The molecule has 2 rings (SSSR count). The van der Waals surface area contributed by atoms with Gasteiger partial charge in [-0.2, -0.15) is 0 Å². The predicted molar refractivity (Wildman–Crippen MR) is 77.8 cm³/mol. The van der Waals surface area contributed by atoms with Crippen molar-refractivity contribution in [1.29, 1.82) is 0 Å². The van der Waals surface area contributed by atoms with Crippen molar-refractivity contribution in [3.05, 3.63) is 35.6 Å². The summed E-state index contributed by atoms with van der Waals surface area (Å²) in [5.41, 5.74) is 1.000. The van der Waals surface area contributed by atoms with E-state index in [1.54, 1.807) is 26.0 Å². The highest BCUT2D eigenvalue weighted by atomic mass is 19.1. The molecule has 0 aromatic heterocycles. The molecule has 5 heteroatoms. The van der Waals surface area contributed by atoms with E-state index < -0.39 is 0 Å². The number of hydrogen-bond donors (Lipinski definition) is 0. The zero-order chi connectivity index (χ0) is 15.6. The number of nitrogens with zero attached hydrogens (tertiary/aromatic N) is 2. The summed E-state index contributed by atoms with van der Waals surface area (Å²) in [6, 6.07) is 6.34. The quantitative estimate of drug-likeness (QED) is 0.778. The van der Waals surface area contributed by atoms with Crippen LogP contribution >= 0.6 is 0 Å². The monoisotopic (exact) mass is 292 g/mol. The molecule has 2 amide bonds. The van der Waals surface area contributed by atoms with Gasteiger partial charge in [-0.1, -0.05) is 26.0 Å². The van der Waals surface area contributed by atoms with Gasteiger partial charge in [0.1, 0.15) is 5.82 Å². The lowest BCUT2D eigenvalue weighted by Gasteiger charge is -2.21. The van der Waals surface area contributed by atoms with Gasteiger partial charge >= 0.3 is 0 Å². The average molecular weight is 292 g/mol. The van der Waals surface area contributed by atoms with Crippen molar-refractivity contribution in [3.8, 4) is 0 Å². The van der Waals surface area contributed by atoms with Gasteiger partial charge in [0, 0.05) is 31.5 Å². The van der Waals surface area contributed by atoms with Gasteiger partial charge in [0.2, 0.25) is 11.8 Å². The molecule has 1 heterocycles. The molecule has 1 aromatic rings. The molecule has 0 bridgehead atoms. The molecule has 1 aliphatic heterocycles. The van der Waals surface area contributed by atoms with Crippen LogP contribution in [0.3, 0.4) is 0 Å². The van der Waals surface area contributed by atoms with E-state index in [9.17, 15) is 14.0 Å². The fourth-order valence-corrected chi connectivity index (χ4v) is 2.50. The maximum Gasteiger partial charge on any atom is 0.232 e. The summed E-state index contributed by atoms with van der Waals surface area (Å²) >= 11 is 0. The SMILES string of the molecule is C[C@H]1C(=O)N(CCN(C)Cc2ccc(F)cc2)C(=O)[C@@H]1C. The van der Waals surface area contributed by atoms with E-state index in [0.29, 0.717) is 19.6 Å². The lowest BCUT2D eigenvalue weighted by atomic mass is 10.00. The van der Waals surface area contributed by atoms with Gasteiger partial charge in [0.25, 0.3) is 0 Å². The molecule has 4 nitrogen and oxygen atoms in total. The maximum atomic E-state index is 12.8. The summed E-state index contributed by atoms with van der Waals surface area (Å²) < 4.78 is 12.8. The molecule has 0 unspecified atom stereocenters. The number of likely N-dealkylation sites (N-methyl/N-ethyl adjacent to an activating group) is 1. The first-order chi connectivity index (χ1) is 9.90. The van der Waals surface area contributed by atoms with Crippen LogP contribution in [-0.2, 0) is 16.1 Å². The Balaban J connectivity index is 1.87. The average Bonchev–Trinajstić information content (AvgIpc) is 2.64. The Morgan fingerprint density at radius 1 is 1.10 bits per heavy atom. The van der Waals surface area contributed by atoms with Gasteiger partial charge in [0.05, 0.1) is 0 Å². The molecule has 0 N–H and O–H groups in total. The minimum Gasteiger partial charge on any atom is -0.300 e.